The Kier molecular flexibility index (Phi) is 3.28. The highest BCUT2D eigenvalue weighted by Crippen LogP contribution is 2.27. The molecule has 19 heavy (non-hydrogen) atoms. The zero-order valence-electron chi connectivity index (χ0n) is 10.9. The third-order valence-corrected chi connectivity index (χ3v) is 3.56. The molecule has 1 saturated heterocycles. The van der Waals surface area contributed by atoms with Crippen LogP contribution in [0.4, 0.5) is 5.69 Å². The summed E-state index contributed by atoms with van der Waals surface area (Å²) in [6.45, 7) is 4.11. The van der Waals surface area contributed by atoms with Gasteiger partial charge < -0.3 is 10.0 Å². The summed E-state index contributed by atoms with van der Waals surface area (Å²) in [7, 11) is 0. The molecule has 0 atom stereocenters. The van der Waals surface area contributed by atoms with Crippen molar-refractivity contribution in [2.75, 3.05) is 13.1 Å². The Labute approximate surface area is 110 Å². The van der Waals surface area contributed by atoms with E-state index in [1.54, 1.807) is 11.8 Å². The van der Waals surface area contributed by atoms with Crippen LogP contribution in [0.25, 0.3) is 0 Å². The van der Waals surface area contributed by atoms with Crippen LogP contribution in [-0.4, -0.2) is 39.5 Å². The van der Waals surface area contributed by atoms with Crippen molar-refractivity contribution in [3.63, 3.8) is 0 Å². The monoisotopic (exact) mass is 264 g/mol. The summed E-state index contributed by atoms with van der Waals surface area (Å²) in [5, 5.41) is 20.6. The Morgan fingerprint density at radius 3 is 2.63 bits per heavy atom. The SMILES string of the molecule is CCC1(O)CN(C(=O)c2ccc([N+](=O)[O-])c(C)c2)C1. The number of aliphatic hydroxyl groups is 1. The second-order valence-electron chi connectivity index (χ2n) is 5.00. The average Bonchev–Trinajstić information content (AvgIpc) is 2.33. The number of nitro groups is 1. The minimum atomic E-state index is -0.772. The first-order valence-corrected chi connectivity index (χ1v) is 6.13. The first kappa shape index (κ1) is 13.5. The van der Waals surface area contributed by atoms with Crippen molar-refractivity contribution in [3.8, 4) is 0 Å². The number of nitrogens with zero attached hydrogens (tertiary/aromatic N) is 2. The maximum atomic E-state index is 12.1. The molecule has 0 bridgehead atoms. The fourth-order valence-electron chi connectivity index (χ4n) is 2.21. The van der Waals surface area contributed by atoms with Crippen molar-refractivity contribution >= 4 is 11.6 Å². The molecule has 1 aromatic rings. The molecule has 102 valence electrons. The Balaban J connectivity index is 2.14. The molecule has 1 aliphatic heterocycles. The van der Waals surface area contributed by atoms with Crippen LogP contribution < -0.4 is 0 Å². The predicted octanol–water partition coefficient (Wildman–Crippen LogP) is 1.50. The number of carbonyl (C=O) groups is 1. The first-order chi connectivity index (χ1) is 8.86. The van der Waals surface area contributed by atoms with Gasteiger partial charge >= 0.3 is 0 Å². The van der Waals surface area contributed by atoms with E-state index < -0.39 is 10.5 Å². The molecule has 1 heterocycles. The normalized spacial score (nSPS) is 16.9. The van der Waals surface area contributed by atoms with Crippen molar-refractivity contribution in [3.05, 3.63) is 39.4 Å². The van der Waals surface area contributed by atoms with Crippen LogP contribution in [0.3, 0.4) is 0 Å². The summed E-state index contributed by atoms with van der Waals surface area (Å²) in [5.41, 5.74) is 0.111. The maximum Gasteiger partial charge on any atom is 0.272 e. The van der Waals surface area contributed by atoms with Gasteiger partial charge in [0.15, 0.2) is 0 Å². The molecule has 1 amide bonds. The summed E-state index contributed by atoms with van der Waals surface area (Å²) < 4.78 is 0. The second-order valence-corrected chi connectivity index (χ2v) is 5.00. The van der Waals surface area contributed by atoms with Crippen molar-refractivity contribution in [2.45, 2.75) is 25.9 Å². The fraction of sp³-hybridized carbons (Fsp3) is 0.462. The topological polar surface area (TPSA) is 83.7 Å². The number of amides is 1. The van der Waals surface area contributed by atoms with Crippen LogP contribution >= 0.6 is 0 Å². The highest BCUT2D eigenvalue weighted by atomic mass is 16.6. The van der Waals surface area contributed by atoms with E-state index in [1.807, 2.05) is 6.92 Å². The van der Waals surface area contributed by atoms with Crippen LogP contribution in [0.1, 0.15) is 29.3 Å². The number of nitro benzene ring substituents is 1. The molecule has 6 heteroatoms. The largest absolute Gasteiger partial charge is 0.386 e. The van der Waals surface area contributed by atoms with Crippen LogP contribution in [0.5, 0.6) is 0 Å². The van der Waals surface area contributed by atoms with Crippen molar-refractivity contribution in [1.29, 1.82) is 0 Å². The van der Waals surface area contributed by atoms with E-state index in [-0.39, 0.29) is 11.6 Å². The van der Waals surface area contributed by atoms with Gasteiger partial charge in [0.1, 0.15) is 0 Å². The number of carbonyl (C=O) groups excluding carboxylic acids is 1. The second kappa shape index (κ2) is 4.62. The van der Waals surface area contributed by atoms with E-state index in [0.29, 0.717) is 30.6 Å². The van der Waals surface area contributed by atoms with Crippen LogP contribution in [0, 0.1) is 17.0 Å². The number of aryl methyl sites for hydroxylation is 1. The van der Waals surface area contributed by atoms with E-state index in [2.05, 4.69) is 0 Å². The molecule has 0 aromatic heterocycles. The summed E-state index contributed by atoms with van der Waals surface area (Å²) in [6, 6.07) is 4.31. The van der Waals surface area contributed by atoms with Gasteiger partial charge in [0.05, 0.1) is 23.6 Å². The Morgan fingerprint density at radius 1 is 1.53 bits per heavy atom. The van der Waals surface area contributed by atoms with E-state index >= 15 is 0 Å². The zero-order chi connectivity index (χ0) is 14.2. The Hall–Kier alpha value is -1.95. The molecule has 0 saturated carbocycles. The number of β-amino-alcohol motifs (C(OH)–C–C–N with tert-alkyl or cyclic N) is 1. The molecule has 6 nitrogen and oxygen atoms in total. The lowest BCUT2D eigenvalue weighted by Crippen LogP contribution is -2.63. The summed E-state index contributed by atoms with van der Waals surface area (Å²) in [4.78, 5) is 23.9. The molecule has 1 aliphatic rings. The smallest absolute Gasteiger partial charge is 0.272 e. The van der Waals surface area contributed by atoms with Gasteiger partial charge in [-0.25, -0.2) is 0 Å². The van der Waals surface area contributed by atoms with Gasteiger partial charge in [-0.1, -0.05) is 6.92 Å². The zero-order valence-corrected chi connectivity index (χ0v) is 10.9. The lowest BCUT2D eigenvalue weighted by molar-refractivity contribution is -0.385. The maximum absolute atomic E-state index is 12.1. The van der Waals surface area contributed by atoms with Crippen LogP contribution in [0.15, 0.2) is 18.2 Å². The van der Waals surface area contributed by atoms with Gasteiger partial charge in [0, 0.05) is 17.2 Å². The van der Waals surface area contributed by atoms with Crippen LogP contribution in [0.2, 0.25) is 0 Å². The summed E-state index contributed by atoms with van der Waals surface area (Å²) >= 11 is 0. The van der Waals surface area contributed by atoms with Gasteiger partial charge in [-0.15, -0.1) is 0 Å². The van der Waals surface area contributed by atoms with E-state index in [9.17, 15) is 20.0 Å². The van der Waals surface area contributed by atoms with E-state index in [1.165, 1.54) is 18.2 Å². The van der Waals surface area contributed by atoms with Crippen molar-refractivity contribution in [2.24, 2.45) is 0 Å². The number of hydrogen-bond donors (Lipinski definition) is 1. The molecule has 0 aliphatic carbocycles. The number of hydrogen-bond acceptors (Lipinski definition) is 4. The van der Waals surface area contributed by atoms with Gasteiger partial charge in [0.25, 0.3) is 11.6 Å². The summed E-state index contributed by atoms with van der Waals surface area (Å²) in [5.74, 6) is -0.198. The predicted molar refractivity (Wildman–Crippen MR) is 69.0 cm³/mol. The Morgan fingerprint density at radius 2 is 2.16 bits per heavy atom. The van der Waals surface area contributed by atoms with Gasteiger partial charge in [-0.3, -0.25) is 14.9 Å². The first-order valence-electron chi connectivity index (χ1n) is 6.13. The summed E-state index contributed by atoms with van der Waals surface area (Å²) in [6.07, 6.45) is 0.607. The van der Waals surface area contributed by atoms with E-state index in [0.717, 1.165) is 0 Å². The molecule has 0 unspecified atom stereocenters. The third-order valence-electron chi connectivity index (χ3n) is 3.56. The molecule has 1 aromatic carbocycles. The van der Waals surface area contributed by atoms with Crippen molar-refractivity contribution < 1.29 is 14.8 Å². The average molecular weight is 264 g/mol. The quantitative estimate of drug-likeness (QED) is 0.662. The molecule has 2 rings (SSSR count). The fourth-order valence-corrected chi connectivity index (χ4v) is 2.21. The lowest BCUT2D eigenvalue weighted by Gasteiger charge is -2.46. The van der Waals surface area contributed by atoms with Gasteiger partial charge in [-0.05, 0) is 25.5 Å². The molecular formula is C13H16N2O4. The Bertz CT molecular complexity index is 535. The number of likely N-dealkylation sites (tertiary alicyclic amines) is 1. The van der Waals surface area contributed by atoms with E-state index in [4.69, 9.17) is 0 Å². The van der Waals surface area contributed by atoms with Crippen molar-refractivity contribution in [1.82, 2.24) is 4.90 Å². The van der Waals surface area contributed by atoms with Gasteiger partial charge in [-0.2, -0.15) is 0 Å². The third kappa shape index (κ3) is 2.44. The lowest BCUT2D eigenvalue weighted by atomic mass is 9.90. The standard InChI is InChI=1S/C13H16N2O4/c1-3-13(17)7-14(8-13)12(16)10-4-5-11(15(18)19)9(2)6-10/h4-6,17H,3,7-8H2,1-2H3. The molecule has 0 radical (unpaired) electrons. The highest BCUT2D eigenvalue weighted by molar-refractivity contribution is 5.95. The van der Waals surface area contributed by atoms with Gasteiger partial charge in [0.2, 0.25) is 0 Å². The highest BCUT2D eigenvalue weighted by Gasteiger charge is 2.42. The van der Waals surface area contributed by atoms with Crippen LogP contribution in [-0.2, 0) is 0 Å². The number of rotatable bonds is 3. The molecular weight excluding hydrogens is 248 g/mol. The minimum Gasteiger partial charge on any atom is -0.386 e. The minimum absolute atomic E-state index is 0.00484. The molecule has 1 N–H and O–H groups in total. The molecule has 1 fully saturated rings. The molecule has 0 spiro atoms. The number of benzene rings is 1.